The van der Waals surface area contributed by atoms with Crippen LogP contribution in [0.3, 0.4) is 0 Å². The van der Waals surface area contributed by atoms with Gasteiger partial charge in [-0.2, -0.15) is 0 Å². The highest BCUT2D eigenvalue weighted by Gasteiger charge is 2.09. The van der Waals surface area contributed by atoms with E-state index in [9.17, 15) is 4.79 Å². The molecule has 2 rings (SSSR count). The lowest BCUT2D eigenvalue weighted by Crippen LogP contribution is -2.00. The van der Waals surface area contributed by atoms with E-state index in [-0.39, 0.29) is 5.63 Å². The molecule has 0 atom stereocenters. The van der Waals surface area contributed by atoms with Crippen molar-refractivity contribution in [3.05, 3.63) is 39.7 Å². The average molecular weight is 204 g/mol. The van der Waals surface area contributed by atoms with Crippen LogP contribution in [0.15, 0.2) is 27.4 Å². The number of ether oxygens (including phenoxy) is 1. The Balaban J connectivity index is 2.97. The number of hydrogen-bond donors (Lipinski definition) is 0. The molecule has 1 heterocycles. The summed E-state index contributed by atoms with van der Waals surface area (Å²) in [4.78, 5) is 11.3. The minimum absolute atomic E-state index is 0.344. The second-order valence-electron chi connectivity index (χ2n) is 3.54. The first kappa shape index (κ1) is 9.77. The van der Waals surface area contributed by atoms with Gasteiger partial charge in [-0.3, -0.25) is 0 Å². The van der Waals surface area contributed by atoms with Gasteiger partial charge in [0.05, 0.1) is 7.11 Å². The van der Waals surface area contributed by atoms with Crippen LogP contribution in [0.1, 0.15) is 11.1 Å². The Kier molecular flexibility index (Phi) is 2.23. The van der Waals surface area contributed by atoms with Gasteiger partial charge < -0.3 is 9.15 Å². The molecule has 0 amide bonds. The summed E-state index contributed by atoms with van der Waals surface area (Å²) in [7, 11) is 1.57. The maximum atomic E-state index is 11.3. The molecular formula is C12H12O3. The molecule has 0 bridgehead atoms. The monoisotopic (exact) mass is 204 g/mol. The van der Waals surface area contributed by atoms with Gasteiger partial charge in [0.15, 0.2) is 11.3 Å². The summed E-state index contributed by atoms with van der Waals surface area (Å²) in [6.07, 6.45) is 0. The number of rotatable bonds is 1. The molecule has 0 aliphatic rings. The van der Waals surface area contributed by atoms with Gasteiger partial charge in [0, 0.05) is 11.5 Å². The summed E-state index contributed by atoms with van der Waals surface area (Å²) in [5, 5.41) is 0.914. The quantitative estimate of drug-likeness (QED) is 0.669. The number of aryl methyl sites for hydroxylation is 2. The molecular weight excluding hydrogens is 192 g/mol. The van der Waals surface area contributed by atoms with Crippen LogP contribution in [-0.4, -0.2) is 7.11 Å². The number of methoxy groups -OCH3 is 1. The summed E-state index contributed by atoms with van der Waals surface area (Å²) in [5.41, 5.74) is 2.05. The van der Waals surface area contributed by atoms with Crippen molar-refractivity contribution in [2.75, 3.05) is 7.11 Å². The third-order valence-electron chi connectivity index (χ3n) is 2.47. The van der Waals surface area contributed by atoms with Gasteiger partial charge in [-0.1, -0.05) is 12.1 Å². The van der Waals surface area contributed by atoms with Crippen LogP contribution >= 0.6 is 0 Å². The Morgan fingerprint density at radius 1 is 1.20 bits per heavy atom. The van der Waals surface area contributed by atoms with Gasteiger partial charge >= 0.3 is 5.63 Å². The van der Waals surface area contributed by atoms with Crippen molar-refractivity contribution in [2.45, 2.75) is 13.8 Å². The van der Waals surface area contributed by atoms with Crippen LogP contribution in [-0.2, 0) is 0 Å². The topological polar surface area (TPSA) is 39.4 Å². The first-order valence-electron chi connectivity index (χ1n) is 4.71. The van der Waals surface area contributed by atoms with Crippen molar-refractivity contribution in [3.8, 4) is 5.75 Å². The van der Waals surface area contributed by atoms with Crippen LogP contribution < -0.4 is 10.4 Å². The summed E-state index contributed by atoms with van der Waals surface area (Å²) >= 11 is 0. The standard InChI is InChI=1S/C12H12O3/c1-7-4-5-9-8(2)6-10(13)15-12(9)11(7)14-3/h4-6H,1-3H3. The summed E-state index contributed by atoms with van der Waals surface area (Å²) in [6.45, 7) is 3.80. The third-order valence-corrected chi connectivity index (χ3v) is 2.47. The largest absolute Gasteiger partial charge is 0.493 e. The fourth-order valence-electron chi connectivity index (χ4n) is 1.71. The summed E-state index contributed by atoms with van der Waals surface area (Å²) in [6, 6.07) is 5.37. The molecule has 0 unspecified atom stereocenters. The molecule has 1 aromatic heterocycles. The van der Waals surface area contributed by atoms with Crippen molar-refractivity contribution < 1.29 is 9.15 Å². The van der Waals surface area contributed by atoms with E-state index in [1.807, 2.05) is 26.0 Å². The van der Waals surface area contributed by atoms with Gasteiger partial charge in [0.2, 0.25) is 0 Å². The molecule has 78 valence electrons. The van der Waals surface area contributed by atoms with Crippen LogP contribution in [0.2, 0.25) is 0 Å². The first-order valence-corrected chi connectivity index (χ1v) is 4.71. The van der Waals surface area contributed by atoms with Gasteiger partial charge in [0.1, 0.15) is 0 Å². The van der Waals surface area contributed by atoms with Gasteiger partial charge in [-0.25, -0.2) is 4.79 Å². The zero-order chi connectivity index (χ0) is 11.0. The maximum Gasteiger partial charge on any atom is 0.336 e. The van der Waals surface area contributed by atoms with Crippen molar-refractivity contribution in [1.29, 1.82) is 0 Å². The van der Waals surface area contributed by atoms with Gasteiger partial charge in [-0.05, 0) is 25.0 Å². The lowest BCUT2D eigenvalue weighted by atomic mass is 10.1. The predicted octanol–water partition coefficient (Wildman–Crippen LogP) is 2.42. The zero-order valence-electron chi connectivity index (χ0n) is 8.96. The van der Waals surface area contributed by atoms with E-state index in [1.165, 1.54) is 6.07 Å². The Morgan fingerprint density at radius 2 is 1.93 bits per heavy atom. The molecule has 0 spiro atoms. The Morgan fingerprint density at radius 3 is 2.60 bits per heavy atom. The van der Waals surface area contributed by atoms with Crippen molar-refractivity contribution in [3.63, 3.8) is 0 Å². The van der Waals surface area contributed by atoms with Crippen molar-refractivity contribution in [1.82, 2.24) is 0 Å². The van der Waals surface area contributed by atoms with Gasteiger partial charge in [-0.15, -0.1) is 0 Å². The lowest BCUT2D eigenvalue weighted by Gasteiger charge is -2.08. The third kappa shape index (κ3) is 1.50. The Hall–Kier alpha value is -1.77. The molecule has 0 saturated carbocycles. The maximum absolute atomic E-state index is 11.3. The second kappa shape index (κ2) is 3.42. The molecule has 0 saturated heterocycles. The number of benzene rings is 1. The van der Waals surface area contributed by atoms with Crippen LogP contribution in [0.25, 0.3) is 11.0 Å². The highest BCUT2D eigenvalue weighted by atomic mass is 16.5. The molecule has 2 aromatic rings. The van der Waals surface area contributed by atoms with Crippen LogP contribution in [0.4, 0.5) is 0 Å². The minimum Gasteiger partial charge on any atom is -0.493 e. The number of fused-ring (bicyclic) bond motifs is 1. The highest BCUT2D eigenvalue weighted by molar-refractivity contribution is 5.86. The van der Waals surface area contributed by atoms with Gasteiger partial charge in [0.25, 0.3) is 0 Å². The predicted molar refractivity (Wildman–Crippen MR) is 58.5 cm³/mol. The molecule has 1 aromatic carbocycles. The fourth-order valence-corrected chi connectivity index (χ4v) is 1.71. The normalized spacial score (nSPS) is 10.6. The van der Waals surface area contributed by atoms with E-state index >= 15 is 0 Å². The van der Waals surface area contributed by atoms with E-state index in [0.29, 0.717) is 11.3 Å². The molecule has 0 fully saturated rings. The Bertz CT molecular complexity index is 567. The van der Waals surface area contributed by atoms with E-state index < -0.39 is 0 Å². The summed E-state index contributed by atoms with van der Waals surface area (Å²) in [5.74, 6) is 0.633. The molecule has 3 heteroatoms. The zero-order valence-corrected chi connectivity index (χ0v) is 8.96. The van der Waals surface area contributed by atoms with Crippen LogP contribution in [0, 0.1) is 13.8 Å². The molecule has 0 N–H and O–H groups in total. The van der Waals surface area contributed by atoms with Crippen molar-refractivity contribution in [2.24, 2.45) is 0 Å². The molecule has 3 nitrogen and oxygen atoms in total. The second-order valence-corrected chi connectivity index (χ2v) is 3.54. The molecule has 0 aliphatic heterocycles. The van der Waals surface area contributed by atoms with Crippen molar-refractivity contribution >= 4 is 11.0 Å². The van der Waals surface area contributed by atoms with E-state index in [0.717, 1.165) is 16.5 Å². The molecule has 0 aliphatic carbocycles. The average Bonchev–Trinajstić information content (AvgIpc) is 2.17. The smallest absolute Gasteiger partial charge is 0.336 e. The minimum atomic E-state index is -0.344. The van der Waals surface area contributed by atoms with E-state index in [4.69, 9.17) is 9.15 Å². The highest BCUT2D eigenvalue weighted by Crippen LogP contribution is 2.29. The SMILES string of the molecule is COc1c(C)ccc2c(C)cc(=O)oc12. The van der Waals surface area contributed by atoms with E-state index in [1.54, 1.807) is 7.11 Å². The Labute approximate surface area is 87.3 Å². The first-order chi connectivity index (χ1) is 7.13. The summed E-state index contributed by atoms with van der Waals surface area (Å²) < 4.78 is 10.4. The van der Waals surface area contributed by atoms with E-state index in [2.05, 4.69) is 0 Å². The molecule has 0 radical (unpaired) electrons. The molecule has 15 heavy (non-hydrogen) atoms. The fraction of sp³-hybridized carbons (Fsp3) is 0.250. The lowest BCUT2D eigenvalue weighted by molar-refractivity contribution is 0.403. The van der Waals surface area contributed by atoms with Crippen LogP contribution in [0.5, 0.6) is 5.75 Å². The number of hydrogen-bond acceptors (Lipinski definition) is 3.